The molecule has 1 N–H and O–H groups in total. The van der Waals surface area contributed by atoms with Crippen LogP contribution in [0.2, 0.25) is 0 Å². The summed E-state index contributed by atoms with van der Waals surface area (Å²) in [4.78, 5) is 27.6. The van der Waals surface area contributed by atoms with Gasteiger partial charge in [-0.3, -0.25) is 9.59 Å². The van der Waals surface area contributed by atoms with Gasteiger partial charge in [0.25, 0.3) is 0 Å². The Hall–Kier alpha value is -1.15. The molecule has 8 heteroatoms. The fraction of sp³-hybridized carbons (Fsp3) is 0.810. The number of hydrogen-bond donors (Lipinski definition) is 1. The monoisotopic (exact) mass is 436 g/mol. The normalized spacial score (nSPS) is 21.5. The molecule has 4 rings (SSSR count). The molecule has 0 unspecified atom stereocenters. The molecule has 0 bridgehead atoms. The lowest BCUT2D eigenvalue weighted by atomic mass is 9.85. The van der Waals surface area contributed by atoms with Gasteiger partial charge >= 0.3 is 0 Å². The number of thioether (sulfide) groups is 1. The van der Waals surface area contributed by atoms with E-state index in [4.69, 9.17) is 0 Å². The molecule has 160 valence electrons. The van der Waals surface area contributed by atoms with E-state index < -0.39 is 0 Å². The Morgan fingerprint density at radius 1 is 0.897 bits per heavy atom. The molecule has 1 aromatic heterocycles. The Bertz CT molecular complexity index is 677. The van der Waals surface area contributed by atoms with Crippen LogP contribution in [0.25, 0.3) is 0 Å². The number of carbonyl (C=O) groups excluding carboxylic acids is 2. The summed E-state index contributed by atoms with van der Waals surface area (Å²) in [6.45, 7) is 0. The van der Waals surface area contributed by atoms with E-state index in [9.17, 15) is 9.59 Å². The second kappa shape index (κ2) is 10.2. The summed E-state index contributed by atoms with van der Waals surface area (Å²) in [6.07, 6.45) is 15.3. The minimum Gasteiger partial charge on any atom is -0.336 e. The van der Waals surface area contributed by atoms with E-state index >= 15 is 0 Å². The van der Waals surface area contributed by atoms with Crippen LogP contribution in [0, 0.1) is 5.92 Å². The van der Waals surface area contributed by atoms with Gasteiger partial charge in [0.05, 0.1) is 5.75 Å². The average molecular weight is 437 g/mol. The highest BCUT2D eigenvalue weighted by atomic mass is 32.2. The van der Waals surface area contributed by atoms with Crippen molar-refractivity contribution in [3.63, 3.8) is 0 Å². The Morgan fingerprint density at radius 2 is 1.52 bits per heavy atom. The second-order valence-corrected chi connectivity index (χ2v) is 10.9. The second-order valence-electron chi connectivity index (χ2n) is 8.66. The summed E-state index contributed by atoms with van der Waals surface area (Å²) in [5, 5.41) is 11.7. The standard InChI is InChI=1S/C21H32N4O2S2/c26-18(25(16-10-3-1-4-11-16)17-12-5-2-6-13-17)14-28-21-24-23-20(29-21)22-19(27)15-8-7-9-15/h15-17H,1-14H2,(H,22,23,27). The summed E-state index contributed by atoms with van der Waals surface area (Å²) in [7, 11) is 0. The Morgan fingerprint density at radius 3 is 2.07 bits per heavy atom. The molecule has 1 aromatic rings. The van der Waals surface area contributed by atoms with Crippen LogP contribution in [0.5, 0.6) is 0 Å². The smallest absolute Gasteiger partial charge is 0.233 e. The predicted octanol–water partition coefficient (Wildman–Crippen LogP) is 4.86. The van der Waals surface area contributed by atoms with Crippen molar-refractivity contribution >= 4 is 40.0 Å². The fourth-order valence-electron chi connectivity index (χ4n) is 4.82. The van der Waals surface area contributed by atoms with E-state index in [1.807, 2.05) is 0 Å². The van der Waals surface area contributed by atoms with Crippen molar-refractivity contribution in [1.82, 2.24) is 15.1 Å². The number of hydrogen-bond acceptors (Lipinski definition) is 6. The maximum atomic E-state index is 13.2. The van der Waals surface area contributed by atoms with Crippen molar-refractivity contribution in [2.24, 2.45) is 5.92 Å². The molecule has 29 heavy (non-hydrogen) atoms. The van der Waals surface area contributed by atoms with Crippen LogP contribution in [0.1, 0.15) is 83.5 Å². The zero-order valence-electron chi connectivity index (χ0n) is 17.1. The summed E-state index contributed by atoms with van der Waals surface area (Å²) >= 11 is 2.84. The Balaban J connectivity index is 1.33. The van der Waals surface area contributed by atoms with Gasteiger partial charge < -0.3 is 10.2 Å². The summed E-state index contributed by atoms with van der Waals surface area (Å²) in [5.41, 5.74) is 0. The van der Waals surface area contributed by atoms with E-state index in [-0.39, 0.29) is 17.7 Å². The number of anilines is 1. The van der Waals surface area contributed by atoms with Crippen LogP contribution in [0.4, 0.5) is 5.13 Å². The van der Waals surface area contributed by atoms with E-state index in [0.29, 0.717) is 23.0 Å². The van der Waals surface area contributed by atoms with Crippen LogP contribution in [0.3, 0.4) is 0 Å². The van der Waals surface area contributed by atoms with Gasteiger partial charge in [-0.1, -0.05) is 68.0 Å². The molecule has 0 saturated heterocycles. The van der Waals surface area contributed by atoms with E-state index in [1.54, 1.807) is 0 Å². The molecule has 0 radical (unpaired) electrons. The highest BCUT2D eigenvalue weighted by Gasteiger charge is 2.32. The number of nitrogens with zero attached hydrogens (tertiary/aromatic N) is 3. The van der Waals surface area contributed by atoms with E-state index in [0.717, 1.165) is 49.3 Å². The molecule has 0 spiro atoms. The van der Waals surface area contributed by atoms with Gasteiger partial charge in [-0.25, -0.2) is 0 Å². The topological polar surface area (TPSA) is 75.2 Å². The highest BCUT2D eigenvalue weighted by Crippen LogP contribution is 2.33. The maximum absolute atomic E-state index is 13.2. The SMILES string of the molecule is O=C(Nc1nnc(SCC(=O)N(C2CCCCC2)C2CCCCC2)s1)C1CCC1. The molecule has 0 aliphatic heterocycles. The fourth-order valence-corrected chi connectivity index (χ4v) is 6.44. The van der Waals surface area contributed by atoms with Crippen LogP contribution in [0.15, 0.2) is 4.34 Å². The number of amides is 2. The molecular weight excluding hydrogens is 404 g/mol. The van der Waals surface area contributed by atoms with Gasteiger partial charge in [0.1, 0.15) is 0 Å². The molecule has 0 atom stereocenters. The summed E-state index contributed by atoms with van der Waals surface area (Å²) in [5.74, 6) is 0.860. The third-order valence-corrected chi connectivity index (χ3v) is 8.61. The maximum Gasteiger partial charge on any atom is 0.233 e. The number of nitrogens with one attached hydrogen (secondary N) is 1. The molecule has 0 aromatic carbocycles. The number of rotatable bonds is 7. The Kier molecular flexibility index (Phi) is 7.45. The average Bonchev–Trinajstić information content (AvgIpc) is 3.14. The first-order valence-electron chi connectivity index (χ1n) is 11.3. The van der Waals surface area contributed by atoms with Gasteiger partial charge in [-0.05, 0) is 38.5 Å². The zero-order chi connectivity index (χ0) is 20.1. The minimum absolute atomic E-state index is 0.0563. The van der Waals surface area contributed by atoms with Crippen LogP contribution in [-0.2, 0) is 9.59 Å². The lowest BCUT2D eigenvalue weighted by Gasteiger charge is -2.41. The van der Waals surface area contributed by atoms with Gasteiger partial charge in [-0.15, -0.1) is 10.2 Å². The summed E-state index contributed by atoms with van der Waals surface area (Å²) < 4.78 is 0.759. The largest absolute Gasteiger partial charge is 0.336 e. The van der Waals surface area contributed by atoms with Crippen molar-refractivity contribution in [2.75, 3.05) is 11.1 Å². The molecule has 3 aliphatic rings. The molecule has 3 aliphatic carbocycles. The first-order chi connectivity index (χ1) is 14.2. The van der Waals surface area contributed by atoms with Crippen LogP contribution in [-0.4, -0.2) is 44.7 Å². The number of aromatic nitrogens is 2. The molecule has 2 amide bonds. The van der Waals surface area contributed by atoms with Gasteiger partial charge in [0, 0.05) is 18.0 Å². The lowest BCUT2D eigenvalue weighted by molar-refractivity contribution is -0.135. The van der Waals surface area contributed by atoms with Crippen molar-refractivity contribution < 1.29 is 9.59 Å². The predicted molar refractivity (Wildman–Crippen MR) is 117 cm³/mol. The quantitative estimate of drug-likeness (QED) is 0.488. The zero-order valence-corrected chi connectivity index (χ0v) is 18.7. The Labute approximate surface area is 181 Å². The molecule has 3 saturated carbocycles. The summed E-state index contributed by atoms with van der Waals surface area (Å²) in [6, 6.07) is 0.846. The third-order valence-electron chi connectivity index (χ3n) is 6.66. The van der Waals surface area contributed by atoms with Gasteiger partial charge in [-0.2, -0.15) is 0 Å². The van der Waals surface area contributed by atoms with Crippen molar-refractivity contribution in [3.05, 3.63) is 0 Å². The van der Waals surface area contributed by atoms with Crippen LogP contribution < -0.4 is 5.32 Å². The van der Waals surface area contributed by atoms with Crippen molar-refractivity contribution in [1.29, 1.82) is 0 Å². The minimum atomic E-state index is 0.0563. The highest BCUT2D eigenvalue weighted by molar-refractivity contribution is 8.01. The first-order valence-corrected chi connectivity index (χ1v) is 13.1. The van der Waals surface area contributed by atoms with E-state index in [2.05, 4.69) is 20.4 Å². The molecule has 3 fully saturated rings. The first kappa shape index (κ1) is 21.1. The molecular formula is C21H32N4O2S2. The van der Waals surface area contributed by atoms with E-state index in [1.165, 1.54) is 61.6 Å². The molecule has 6 nitrogen and oxygen atoms in total. The molecule has 1 heterocycles. The number of carbonyl (C=O) groups is 2. The third kappa shape index (κ3) is 5.51. The van der Waals surface area contributed by atoms with Crippen molar-refractivity contribution in [2.45, 2.75) is 99.9 Å². The van der Waals surface area contributed by atoms with Crippen molar-refractivity contribution in [3.8, 4) is 0 Å². The lowest BCUT2D eigenvalue weighted by Crippen LogP contribution is -2.49. The van der Waals surface area contributed by atoms with Crippen LogP contribution >= 0.6 is 23.1 Å². The van der Waals surface area contributed by atoms with Gasteiger partial charge in [0.15, 0.2) is 4.34 Å². The van der Waals surface area contributed by atoms with Gasteiger partial charge in [0.2, 0.25) is 16.9 Å².